The lowest BCUT2D eigenvalue weighted by atomic mass is 10.1. The van der Waals surface area contributed by atoms with Gasteiger partial charge in [0.2, 0.25) is 12.3 Å². The van der Waals surface area contributed by atoms with Crippen LogP contribution in [-0.4, -0.2) is 18.1 Å². The van der Waals surface area contributed by atoms with Crippen molar-refractivity contribution in [2.24, 2.45) is 5.73 Å². The van der Waals surface area contributed by atoms with Crippen molar-refractivity contribution in [2.75, 3.05) is 6.54 Å². The summed E-state index contributed by atoms with van der Waals surface area (Å²) >= 11 is 11.8. The number of rotatable bonds is 5. The fraction of sp³-hybridized carbons (Fsp3) is 0.133. The highest BCUT2D eigenvalue weighted by atomic mass is 35.5. The Morgan fingerprint density at radius 1 is 1.14 bits per heavy atom. The zero-order chi connectivity index (χ0) is 15.4. The summed E-state index contributed by atoms with van der Waals surface area (Å²) < 4.78 is 1.62. The highest BCUT2D eigenvalue weighted by Gasteiger charge is 2.17. The molecule has 0 atom stereocenters. The molecule has 0 aliphatic carbocycles. The first-order chi connectivity index (χ1) is 10.0. The van der Waals surface area contributed by atoms with Crippen molar-refractivity contribution in [1.29, 1.82) is 0 Å². The number of nitrogens with zero attached hydrogens (tertiary/aromatic N) is 1. The molecule has 0 aliphatic rings. The SMILES string of the molecule is NCC(=O)c1ccc[n+](CC(=O)c2ccc(Cl)cc2Cl)c1. The number of aromatic nitrogens is 1. The number of hydrogen-bond acceptors (Lipinski definition) is 3. The van der Waals surface area contributed by atoms with Crippen molar-refractivity contribution >= 4 is 34.8 Å². The van der Waals surface area contributed by atoms with Crippen LogP contribution in [0.4, 0.5) is 0 Å². The molecule has 0 bridgehead atoms. The summed E-state index contributed by atoms with van der Waals surface area (Å²) in [6, 6.07) is 8.07. The second-order valence-corrected chi connectivity index (χ2v) is 5.28. The van der Waals surface area contributed by atoms with Crippen LogP contribution < -0.4 is 10.3 Å². The summed E-state index contributed by atoms with van der Waals surface area (Å²) in [5, 5.41) is 0.780. The third-order valence-electron chi connectivity index (χ3n) is 2.92. The Morgan fingerprint density at radius 2 is 1.90 bits per heavy atom. The largest absolute Gasteiger partial charge is 0.324 e. The van der Waals surface area contributed by atoms with Gasteiger partial charge in [0.1, 0.15) is 0 Å². The zero-order valence-corrected chi connectivity index (χ0v) is 12.6. The lowest BCUT2D eigenvalue weighted by molar-refractivity contribution is -0.683. The normalized spacial score (nSPS) is 10.4. The standard InChI is InChI=1S/C15H13Cl2N2O2/c16-11-3-4-12(13(17)6-11)15(21)9-19-5-1-2-10(8-19)14(20)7-18/h1-6,8H,7,9,18H2/q+1. The number of carbonyl (C=O) groups excluding carboxylic acids is 2. The molecular weight excluding hydrogens is 311 g/mol. The molecule has 0 saturated carbocycles. The molecule has 0 fully saturated rings. The first-order valence-electron chi connectivity index (χ1n) is 6.22. The summed E-state index contributed by atoms with van der Waals surface area (Å²) in [4.78, 5) is 23.8. The van der Waals surface area contributed by atoms with Gasteiger partial charge < -0.3 is 5.73 Å². The minimum atomic E-state index is -0.179. The molecule has 108 valence electrons. The van der Waals surface area contributed by atoms with E-state index in [-0.39, 0.29) is 24.7 Å². The number of hydrogen-bond donors (Lipinski definition) is 1. The Hall–Kier alpha value is -1.75. The highest BCUT2D eigenvalue weighted by molar-refractivity contribution is 6.36. The van der Waals surface area contributed by atoms with Gasteiger partial charge in [0.05, 0.1) is 17.1 Å². The number of halogens is 2. The van der Waals surface area contributed by atoms with Gasteiger partial charge >= 0.3 is 0 Å². The van der Waals surface area contributed by atoms with Crippen LogP contribution in [-0.2, 0) is 6.54 Å². The van der Waals surface area contributed by atoms with E-state index in [0.29, 0.717) is 21.2 Å². The Morgan fingerprint density at radius 3 is 2.57 bits per heavy atom. The van der Waals surface area contributed by atoms with Crippen molar-refractivity contribution in [3.8, 4) is 0 Å². The minimum absolute atomic E-state index is 0.0685. The zero-order valence-electron chi connectivity index (χ0n) is 11.1. The fourth-order valence-electron chi connectivity index (χ4n) is 1.87. The molecule has 2 N–H and O–H groups in total. The van der Waals surface area contributed by atoms with Crippen LogP contribution >= 0.6 is 23.2 Å². The average molecular weight is 324 g/mol. The van der Waals surface area contributed by atoms with Crippen molar-refractivity contribution < 1.29 is 14.2 Å². The molecule has 21 heavy (non-hydrogen) atoms. The third-order valence-corrected chi connectivity index (χ3v) is 3.47. The number of Topliss-reactive ketones (excluding diaryl/α,β-unsaturated/α-hetero) is 2. The molecule has 1 aromatic carbocycles. The number of benzene rings is 1. The Labute approximate surface area is 132 Å². The van der Waals surface area contributed by atoms with Gasteiger partial charge in [0.25, 0.3) is 0 Å². The van der Waals surface area contributed by atoms with Crippen molar-refractivity contribution in [3.63, 3.8) is 0 Å². The molecule has 1 aromatic heterocycles. The van der Waals surface area contributed by atoms with Crippen LogP contribution in [0.2, 0.25) is 10.0 Å². The predicted octanol–water partition coefficient (Wildman–Crippen LogP) is 2.31. The first kappa shape index (κ1) is 15.6. The molecular formula is C15H13Cl2N2O2+. The second-order valence-electron chi connectivity index (χ2n) is 4.44. The Bertz CT molecular complexity index is 702. The number of pyridine rings is 1. The molecule has 4 nitrogen and oxygen atoms in total. The first-order valence-corrected chi connectivity index (χ1v) is 6.97. The molecule has 0 spiro atoms. The molecule has 0 unspecified atom stereocenters. The van der Waals surface area contributed by atoms with Gasteiger partial charge in [-0.15, -0.1) is 0 Å². The van der Waals surface area contributed by atoms with Crippen LogP contribution in [0.15, 0.2) is 42.7 Å². The molecule has 1 heterocycles. The van der Waals surface area contributed by atoms with Gasteiger partial charge in [0, 0.05) is 16.7 Å². The van der Waals surface area contributed by atoms with E-state index in [9.17, 15) is 9.59 Å². The number of nitrogens with two attached hydrogens (primary N) is 1. The van der Waals surface area contributed by atoms with E-state index in [4.69, 9.17) is 28.9 Å². The lowest BCUT2D eigenvalue weighted by Crippen LogP contribution is -2.38. The molecule has 2 aromatic rings. The van der Waals surface area contributed by atoms with Crippen molar-refractivity contribution in [1.82, 2.24) is 0 Å². The molecule has 0 aliphatic heterocycles. The monoisotopic (exact) mass is 323 g/mol. The minimum Gasteiger partial charge on any atom is -0.324 e. The quantitative estimate of drug-likeness (QED) is 0.678. The summed E-state index contributed by atoms with van der Waals surface area (Å²) in [5.41, 5.74) is 6.19. The fourth-order valence-corrected chi connectivity index (χ4v) is 2.38. The van der Waals surface area contributed by atoms with Crippen LogP contribution in [0.5, 0.6) is 0 Å². The van der Waals surface area contributed by atoms with Gasteiger partial charge in [-0.05, 0) is 24.3 Å². The van der Waals surface area contributed by atoms with Crippen molar-refractivity contribution in [3.05, 3.63) is 63.9 Å². The summed E-state index contributed by atoms with van der Waals surface area (Å²) in [7, 11) is 0. The average Bonchev–Trinajstić information content (AvgIpc) is 2.46. The maximum Gasteiger partial charge on any atom is 0.229 e. The van der Waals surface area contributed by atoms with E-state index in [1.165, 1.54) is 6.07 Å². The molecule has 0 amide bonds. The van der Waals surface area contributed by atoms with Crippen LogP contribution in [0, 0.1) is 0 Å². The van der Waals surface area contributed by atoms with Crippen LogP contribution in [0.25, 0.3) is 0 Å². The van der Waals surface area contributed by atoms with E-state index in [1.54, 1.807) is 41.2 Å². The summed E-state index contributed by atoms with van der Waals surface area (Å²) in [6.45, 7) is 0.00795. The lowest BCUT2D eigenvalue weighted by Gasteiger charge is -2.02. The molecule has 6 heteroatoms. The van der Waals surface area contributed by atoms with Crippen molar-refractivity contribution in [2.45, 2.75) is 6.54 Å². The summed E-state index contributed by atoms with van der Waals surface area (Å²) in [6.07, 6.45) is 3.30. The highest BCUT2D eigenvalue weighted by Crippen LogP contribution is 2.21. The summed E-state index contributed by atoms with van der Waals surface area (Å²) in [5.74, 6) is -0.347. The van der Waals surface area contributed by atoms with Crippen LogP contribution in [0.1, 0.15) is 20.7 Å². The van der Waals surface area contributed by atoms with Gasteiger partial charge in [0.15, 0.2) is 18.2 Å². The second kappa shape index (κ2) is 6.80. The third kappa shape index (κ3) is 3.88. The molecule has 2 rings (SSSR count). The van der Waals surface area contributed by atoms with Crippen LogP contribution in [0.3, 0.4) is 0 Å². The van der Waals surface area contributed by atoms with E-state index in [1.807, 2.05) is 0 Å². The maximum absolute atomic E-state index is 12.2. The predicted molar refractivity (Wildman–Crippen MR) is 80.8 cm³/mol. The number of carbonyl (C=O) groups is 2. The van der Waals surface area contributed by atoms with E-state index >= 15 is 0 Å². The van der Waals surface area contributed by atoms with E-state index in [2.05, 4.69) is 0 Å². The van der Waals surface area contributed by atoms with Gasteiger partial charge in [-0.2, -0.15) is 4.57 Å². The molecule has 0 radical (unpaired) electrons. The van der Waals surface area contributed by atoms with E-state index in [0.717, 1.165) is 0 Å². The Balaban J connectivity index is 2.21. The van der Waals surface area contributed by atoms with E-state index < -0.39 is 0 Å². The molecule has 0 saturated heterocycles. The van der Waals surface area contributed by atoms with Gasteiger partial charge in [-0.1, -0.05) is 23.2 Å². The smallest absolute Gasteiger partial charge is 0.229 e. The Kier molecular flexibility index (Phi) is 5.07. The maximum atomic E-state index is 12.2. The van der Waals surface area contributed by atoms with Gasteiger partial charge in [-0.3, -0.25) is 9.59 Å². The van der Waals surface area contributed by atoms with Gasteiger partial charge in [-0.25, -0.2) is 0 Å². The topological polar surface area (TPSA) is 64.0 Å². The number of ketones is 2.